The molecule has 16 rings (SSSR count). The van der Waals surface area contributed by atoms with Crippen LogP contribution in [0.15, 0.2) is 194 Å². The van der Waals surface area contributed by atoms with Gasteiger partial charge in [0.25, 0.3) is 0 Å². The minimum atomic E-state index is -4.55. The number of aromatic amines is 4. The van der Waals surface area contributed by atoms with Gasteiger partial charge in [0.05, 0.1) is 55.2 Å². The summed E-state index contributed by atoms with van der Waals surface area (Å²) in [5.41, 5.74) is 8.01. The summed E-state index contributed by atoms with van der Waals surface area (Å²) in [5.74, 6) is 3.47. The van der Waals surface area contributed by atoms with E-state index in [1.807, 2.05) is 154 Å². The first-order chi connectivity index (χ1) is 56.8. The lowest BCUT2D eigenvalue weighted by atomic mass is 10.0. The lowest BCUT2D eigenvalue weighted by Gasteiger charge is -2.16. The lowest BCUT2D eigenvalue weighted by molar-refractivity contribution is -0.137. The number of aryl methyl sites for hydroxylation is 1. The highest BCUT2D eigenvalue weighted by atomic mass is 35.5. The van der Waals surface area contributed by atoms with E-state index in [9.17, 15) is 39.5 Å². The van der Waals surface area contributed by atoms with Crippen molar-refractivity contribution < 1.29 is 39.5 Å². The second kappa shape index (κ2) is 36.5. The number of likely N-dealkylation sites (N-methyl/N-ethyl adjacent to an activating group) is 2. The van der Waals surface area contributed by atoms with Crippen LogP contribution in [0.4, 0.5) is 104 Å². The molecule has 0 saturated carbocycles. The van der Waals surface area contributed by atoms with Crippen LogP contribution in [0.1, 0.15) is 22.4 Å². The molecule has 8 aromatic heterocycles. The number of para-hydroxylation sites is 4. The van der Waals surface area contributed by atoms with Crippen LogP contribution in [0.2, 0.25) is 5.02 Å². The average Bonchev–Trinajstić information content (AvgIpc) is 1.79. The number of hydrogen-bond acceptors (Lipinski definition) is 26. The van der Waals surface area contributed by atoms with Gasteiger partial charge < -0.3 is 52.8 Å². The van der Waals surface area contributed by atoms with Gasteiger partial charge in [-0.1, -0.05) is 133 Å². The van der Waals surface area contributed by atoms with Crippen LogP contribution in [-0.2, 0) is 18.5 Å². The third-order valence-corrected chi connectivity index (χ3v) is 17.8. The van der Waals surface area contributed by atoms with Crippen molar-refractivity contribution in [2.24, 2.45) is 5.73 Å². The molecule has 0 spiro atoms. The van der Waals surface area contributed by atoms with Crippen LogP contribution in [0.25, 0.3) is 88.8 Å². The molecule has 40 heteroatoms. The van der Waals surface area contributed by atoms with Crippen LogP contribution in [0.5, 0.6) is 0 Å². The lowest BCUT2D eigenvalue weighted by Crippen LogP contribution is -2.22. The van der Waals surface area contributed by atoms with Crippen molar-refractivity contribution in [3.63, 3.8) is 0 Å². The number of nitrogens with one attached hydrogen (secondary N) is 11. The number of hydrogen-bond donors (Lipinski definition) is 12. The SMILES string of the molecule is CN(C)CCNc1nnc(Nc2n[nH]c3ccccc23)nc1-c1ccccc1C(F)(F)F.CN(C)CCNc1nnc(Nc2n[nH]c3ccccc23)nc1-c1ccccc1Cl.Cc1nnc(Nc2n[nH]c3ccccc23)nc1-c1ccccc1C(F)(F)F.NCCNc1nnc(-c2ccccc2C(F)(F)F)nc1Nc1n[nH]c2ccccc12. The topological polar surface area (TPSA) is 386 Å². The first-order valence-electron chi connectivity index (χ1n) is 36.1. The van der Waals surface area contributed by atoms with Crippen LogP contribution < -0.4 is 43.0 Å². The fraction of sp³-hybridized carbons (Fsp3) is 0.179. The van der Waals surface area contributed by atoms with E-state index in [1.165, 1.54) is 54.6 Å². The van der Waals surface area contributed by atoms with Gasteiger partial charge in [-0.3, -0.25) is 20.4 Å². The molecule has 8 heterocycles. The molecule has 30 nitrogen and oxygen atoms in total. The Morgan fingerprint density at radius 1 is 0.339 bits per heavy atom. The normalized spacial score (nSPS) is 11.6. The Morgan fingerprint density at radius 3 is 1.08 bits per heavy atom. The van der Waals surface area contributed by atoms with Crippen molar-refractivity contribution >= 4 is 120 Å². The fourth-order valence-electron chi connectivity index (χ4n) is 11.8. The molecule has 604 valence electrons. The van der Waals surface area contributed by atoms with Crippen LogP contribution in [-0.4, -0.2) is 179 Å². The summed E-state index contributed by atoms with van der Waals surface area (Å²) in [6.45, 7) is 4.94. The zero-order chi connectivity index (χ0) is 83.1. The molecular weight excluding hydrogens is 1560 g/mol. The summed E-state index contributed by atoms with van der Waals surface area (Å²) in [7, 11) is 7.82. The van der Waals surface area contributed by atoms with Gasteiger partial charge in [-0.2, -0.15) is 59.9 Å². The molecule has 0 aliphatic carbocycles. The molecule has 0 amide bonds. The monoisotopic (exact) mass is 1630 g/mol. The third-order valence-electron chi connectivity index (χ3n) is 17.4. The standard InChI is InChI=1S/C21H21F3N8.C20H21ClN8.C19H17F3N8.C18H13F3N6/c1-32(2)12-11-25-19-17(13-7-3-5-9-15(13)21(22,23)24)26-20(31-30-19)27-18-14-8-4-6-10-16(14)28-29-18;1-29(2)12-11-22-19-17(13-7-3-5-9-15(13)21)23-20(28-27-19)24-18-14-8-4-6-10-16(14)25-26-18;20-19(21,22)13-7-3-1-5-11(13)15-25-18(17(30-29-15)24-10-9-23)26-16-12-6-2-4-8-14(12)27-28-16;1-10-15(11-6-2-4-8-13(11)18(19,20)21)22-17(27-24-10)23-16-12-7-3-5-9-14(12)25-26-16/h3-10H,11-12H2,1-2H3,(H,25,30)(H2,26,27,28,29,31);3-10H,11-12H2,1-2H3,(H,22,27)(H2,23,24,25,26,28);1-8H,9-10,23H2,(H,24,30)(H2,25,26,27,28,29);2-9H,1H3,(H2,22,23,25,26,27). The van der Waals surface area contributed by atoms with Gasteiger partial charge in [0.1, 0.15) is 11.4 Å². The second-order valence-electron chi connectivity index (χ2n) is 26.3. The molecular formula is C78H72ClF9N30. The molecule has 0 radical (unpaired) electrons. The van der Waals surface area contributed by atoms with Crippen molar-refractivity contribution in [3.05, 3.63) is 222 Å². The van der Waals surface area contributed by atoms with Gasteiger partial charge in [0.2, 0.25) is 17.8 Å². The van der Waals surface area contributed by atoms with E-state index in [1.54, 1.807) is 6.92 Å². The molecule has 0 aliphatic rings. The van der Waals surface area contributed by atoms with Crippen molar-refractivity contribution in [1.29, 1.82) is 0 Å². The highest BCUT2D eigenvalue weighted by molar-refractivity contribution is 6.33. The quantitative estimate of drug-likeness (QED) is 0.0265. The van der Waals surface area contributed by atoms with Crippen LogP contribution in [0.3, 0.4) is 0 Å². The number of rotatable bonds is 23. The van der Waals surface area contributed by atoms with Gasteiger partial charge in [-0.15, -0.1) is 40.8 Å². The van der Waals surface area contributed by atoms with Gasteiger partial charge in [0.15, 0.2) is 52.4 Å². The average molecular weight is 1640 g/mol. The Morgan fingerprint density at radius 2 is 0.669 bits per heavy atom. The van der Waals surface area contributed by atoms with Gasteiger partial charge in [-0.05, 0) is 108 Å². The zero-order valence-corrected chi connectivity index (χ0v) is 63.9. The number of fused-ring (bicyclic) bond motifs is 4. The van der Waals surface area contributed by atoms with E-state index < -0.39 is 35.2 Å². The Hall–Kier alpha value is -14.2. The van der Waals surface area contributed by atoms with Gasteiger partial charge in [0, 0.05) is 83.1 Å². The predicted octanol–water partition coefficient (Wildman–Crippen LogP) is 16.0. The maximum absolute atomic E-state index is 13.7. The first-order valence-corrected chi connectivity index (χ1v) is 36.4. The molecule has 16 aromatic rings. The fourth-order valence-corrected chi connectivity index (χ4v) is 12.0. The molecule has 0 aliphatic heterocycles. The minimum Gasteiger partial charge on any atom is -0.365 e. The number of aromatic nitrogens is 20. The van der Waals surface area contributed by atoms with E-state index in [0.29, 0.717) is 84.2 Å². The van der Waals surface area contributed by atoms with E-state index >= 15 is 0 Å². The van der Waals surface area contributed by atoms with Crippen molar-refractivity contribution in [2.75, 3.05) is 105 Å². The van der Waals surface area contributed by atoms with E-state index in [2.05, 4.69) is 144 Å². The van der Waals surface area contributed by atoms with Gasteiger partial charge in [-0.25, -0.2) is 19.9 Å². The molecule has 0 atom stereocenters. The van der Waals surface area contributed by atoms with E-state index in [4.69, 9.17) is 17.3 Å². The summed E-state index contributed by atoms with van der Waals surface area (Å²) in [6.07, 6.45) is -13.6. The predicted molar refractivity (Wildman–Crippen MR) is 435 cm³/mol. The Labute approximate surface area is 670 Å². The summed E-state index contributed by atoms with van der Waals surface area (Å²) in [6, 6.07) is 53.2. The Kier molecular flexibility index (Phi) is 25.3. The minimum absolute atomic E-state index is 0.0346. The van der Waals surface area contributed by atoms with Crippen molar-refractivity contribution in [1.82, 2.24) is 111 Å². The number of halogens is 10. The molecule has 8 aromatic carbocycles. The number of H-pyrrole nitrogens is 4. The summed E-state index contributed by atoms with van der Waals surface area (Å²) >= 11 is 6.43. The third kappa shape index (κ3) is 19.9. The molecule has 13 N–H and O–H groups in total. The highest BCUT2D eigenvalue weighted by Gasteiger charge is 2.37. The van der Waals surface area contributed by atoms with E-state index in [0.717, 1.165) is 73.9 Å². The second-order valence-corrected chi connectivity index (χ2v) is 26.7. The summed E-state index contributed by atoms with van der Waals surface area (Å²) in [5, 5.41) is 86.3. The largest absolute Gasteiger partial charge is 0.417 e. The number of benzene rings is 8. The maximum Gasteiger partial charge on any atom is 0.417 e. The number of nitrogens with two attached hydrogens (primary N) is 1. The summed E-state index contributed by atoms with van der Waals surface area (Å²) < 4.78 is 121. The molecule has 0 unspecified atom stereocenters. The zero-order valence-electron chi connectivity index (χ0n) is 63.1. The van der Waals surface area contributed by atoms with Crippen molar-refractivity contribution in [3.8, 4) is 45.2 Å². The Bertz CT molecular complexity index is 6110. The van der Waals surface area contributed by atoms with E-state index in [-0.39, 0.29) is 63.3 Å². The van der Waals surface area contributed by atoms with Crippen LogP contribution >= 0.6 is 11.6 Å². The Balaban J connectivity index is 0.000000137. The summed E-state index contributed by atoms with van der Waals surface area (Å²) in [4.78, 5) is 21.7. The van der Waals surface area contributed by atoms with Gasteiger partial charge >= 0.3 is 18.5 Å². The highest BCUT2D eigenvalue weighted by Crippen LogP contribution is 2.42. The molecule has 0 bridgehead atoms. The molecule has 0 saturated heterocycles. The molecule has 118 heavy (non-hydrogen) atoms. The number of alkyl halides is 9. The smallest absolute Gasteiger partial charge is 0.365 e. The van der Waals surface area contributed by atoms with Crippen LogP contribution in [0, 0.1) is 6.92 Å². The van der Waals surface area contributed by atoms with Crippen molar-refractivity contribution in [2.45, 2.75) is 25.5 Å². The first kappa shape index (κ1) is 81.8. The molecule has 0 fully saturated rings. The number of anilines is 11. The maximum atomic E-state index is 13.7. The number of nitrogens with zero attached hydrogens (tertiary/aromatic N) is 18.